The van der Waals surface area contributed by atoms with Crippen molar-refractivity contribution in [2.24, 2.45) is 5.10 Å². The third-order valence-corrected chi connectivity index (χ3v) is 7.30. The summed E-state index contributed by atoms with van der Waals surface area (Å²) in [4.78, 5) is 14.8. The molecule has 0 spiro atoms. The van der Waals surface area contributed by atoms with Crippen LogP contribution < -0.4 is 15.1 Å². The summed E-state index contributed by atoms with van der Waals surface area (Å²) in [7, 11) is 0. The molecule has 3 aromatic carbocycles. The average Bonchev–Trinajstić information content (AvgIpc) is 3.35. The third-order valence-electron chi connectivity index (χ3n) is 5.33. The first-order valence-corrected chi connectivity index (χ1v) is 13.1. The lowest BCUT2D eigenvalue weighted by atomic mass is 10.2. The van der Waals surface area contributed by atoms with Crippen molar-refractivity contribution in [3.05, 3.63) is 89.5 Å². The standard InChI is InChI=1S/C25H22ClI2N3O2/c26-21-6-2-1-5-19(21)16-33-24-22(27)13-17(14-23(24)28)15-29-30-25(32)18-7-9-20(10-8-18)31-11-3-4-12-31/h1-2,5-10,13-15H,3-4,11-12,16H2,(H,30,32)/b29-15-. The number of halogens is 3. The molecule has 3 aromatic rings. The molecule has 1 amide bonds. The molecule has 0 aliphatic carbocycles. The molecule has 1 aliphatic rings. The van der Waals surface area contributed by atoms with E-state index >= 15 is 0 Å². The highest BCUT2D eigenvalue weighted by atomic mass is 127. The van der Waals surface area contributed by atoms with Gasteiger partial charge in [-0.2, -0.15) is 5.10 Å². The number of hydrogen-bond acceptors (Lipinski definition) is 4. The van der Waals surface area contributed by atoms with Crippen LogP contribution in [0.2, 0.25) is 5.02 Å². The molecule has 1 heterocycles. The predicted octanol–water partition coefficient (Wildman–Crippen LogP) is 6.49. The Kier molecular flexibility index (Phi) is 8.48. The molecule has 1 fully saturated rings. The second-order valence-electron chi connectivity index (χ2n) is 7.63. The molecule has 0 atom stereocenters. The van der Waals surface area contributed by atoms with Gasteiger partial charge >= 0.3 is 0 Å². The molecular formula is C25H22ClI2N3O2. The molecule has 0 saturated carbocycles. The summed E-state index contributed by atoms with van der Waals surface area (Å²) in [6, 6.07) is 19.2. The quantitative estimate of drug-likeness (QED) is 0.176. The van der Waals surface area contributed by atoms with Gasteiger partial charge in [-0.15, -0.1) is 0 Å². The third kappa shape index (κ3) is 6.39. The predicted molar refractivity (Wildman–Crippen MR) is 151 cm³/mol. The number of benzene rings is 3. The topological polar surface area (TPSA) is 53.9 Å². The van der Waals surface area contributed by atoms with E-state index in [2.05, 4.69) is 60.6 Å². The van der Waals surface area contributed by atoms with Gasteiger partial charge in [0.1, 0.15) is 12.4 Å². The fourth-order valence-electron chi connectivity index (χ4n) is 3.59. The van der Waals surface area contributed by atoms with Crippen LogP contribution in [0.3, 0.4) is 0 Å². The van der Waals surface area contributed by atoms with Crippen LogP contribution in [-0.4, -0.2) is 25.2 Å². The maximum atomic E-state index is 12.4. The van der Waals surface area contributed by atoms with E-state index in [4.69, 9.17) is 16.3 Å². The zero-order valence-corrected chi connectivity index (χ0v) is 22.8. The average molecular weight is 686 g/mol. The molecule has 1 N–H and O–H groups in total. The SMILES string of the molecule is O=C(N/N=C\c1cc(I)c(OCc2ccccc2Cl)c(I)c1)c1ccc(N2CCCC2)cc1. The molecule has 4 rings (SSSR count). The van der Waals surface area contributed by atoms with Crippen LogP contribution in [0.1, 0.15) is 34.3 Å². The van der Waals surface area contributed by atoms with Crippen LogP contribution in [0.15, 0.2) is 65.8 Å². The first kappa shape index (κ1) is 24.3. The largest absolute Gasteiger partial charge is 0.487 e. The highest BCUT2D eigenvalue weighted by molar-refractivity contribution is 14.1. The van der Waals surface area contributed by atoms with Gasteiger partial charge in [0, 0.05) is 34.9 Å². The maximum absolute atomic E-state index is 12.4. The van der Waals surface area contributed by atoms with Crippen LogP contribution >= 0.6 is 56.8 Å². The molecular weight excluding hydrogens is 664 g/mol. The van der Waals surface area contributed by atoms with Crippen molar-refractivity contribution in [3.63, 3.8) is 0 Å². The zero-order valence-electron chi connectivity index (χ0n) is 17.7. The van der Waals surface area contributed by atoms with Crippen LogP contribution in [-0.2, 0) is 6.61 Å². The molecule has 5 nitrogen and oxygen atoms in total. The zero-order chi connectivity index (χ0) is 23.2. The number of carbonyl (C=O) groups excluding carboxylic acids is 1. The highest BCUT2D eigenvalue weighted by Gasteiger charge is 2.13. The van der Waals surface area contributed by atoms with Gasteiger partial charge < -0.3 is 9.64 Å². The minimum Gasteiger partial charge on any atom is -0.487 e. The van der Waals surface area contributed by atoms with Gasteiger partial charge in [-0.25, -0.2) is 5.43 Å². The van der Waals surface area contributed by atoms with Gasteiger partial charge in [0.05, 0.1) is 13.4 Å². The van der Waals surface area contributed by atoms with E-state index in [1.165, 1.54) is 12.8 Å². The lowest BCUT2D eigenvalue weighted by Crippen LogP contribution is -2.19. The van der Waals surface area contributed by atoms with Crippen molar-refractivity contribution in [1.29, 1.82) is 0 Å². The number of carbonyl (C=O) groups is 1. The van der Waals surface area contributed by atoms with Crippen molar-refractivity contribution in [3.8, 4) is 5.75 Å². The van der Waals surface area contributed by atoms with Crippen LogP contribution in [0.25, 0.3) is 0 Å². The van der Waals surface area contributed by atoms with E-state index in [0.29, 0.717) is 17.2 Å². The molecule has 0 aromatic heterocycles. The Bertz CT molecular complexity index is 1140. The molecule has 8 heteroatoms. The molecule has 1 aliphatic heterocycles. The lowest BCUT2D eigenvalue weighted by molar-refractivity contribution is 0.0955. The summed E-state index contributed by atoms with van der Waals surface area (Å²) < 4.78 is 7.93. The van der Waals surface area contributed by atoms with E-state index in [1.54, 1.807) is 6.21 Å². The fraction of sp³-hybridized carbons (Fsp3) is 0.200. The van der Waals surface area contributed by atoms with E-state index in [9.17, 15) is 4.79 Å². The smallest absolute Gasteiger partial charge is 0.271 e. The number of nitrogens with zero attached hydrogens (tertiary/aromatic N) is 2. The summed E-state index contributed by atoms with van der Waals surface area (Å²) in [5.74, 6) is 0.568. The molecule has 33 heavy (non-hydrogen) atoms. The van der Waals surface area contributed by atoms with Crippen LogP contribution in [0.4, 0.5) is 5.69 Å². The lowest BCUT2D eigenvalue weighted by Gasteiger charge is -2.17. The Morgan fingerprint density at radius 3 is 2.39 bits per heavy atom. The summed E-state index contributed by atoms with van der Waals surface area (Å²) in [6.07, 6.45) is 4.09. The van der Waals surface area contributed by atoms with Crippen molar-refractivity contribution >= 4 is 74.6 Å². The molecule has 0 radical (unpaired) electrons. The van der Waals surface area contributed by atoms with E-state index in [0.717, 1.165) is 42.8 Å². The van der Waals surface area contributed by atoms with E-state index in [1.807, 2.05) is 60.7 Å². The molecule has 0 bridgehead atoms. The first-order valence-electron chi connectivity index (χ1n) is 10.5. The summed E-state index contributed by atoms with van der Waals surface area (Å²) >= 11 is 10.7. The monoisotopic (exact) mass is 685 g/mol. The second-order valence-corrected chi connectivity index (χ2v) is 10.4. The summed E-state index contributed by atoms with van der Waals surface area (Å²) in [6.45, 7) is 2.56. The number of nitrogens with one attached hydrogen (secondary N) is 1. The van der Waals surface area contributed by atoms with Gasteiger partial charge in [0.2, 0.25) is 0 Å². The molecule has 170 valence electrons. The van der Waals surface area contributed by atoms with E-state index < -0.39 is 0 Å². The van der Waals surface area contributed by atoms with Crippen molar-refractivity contribution in [2.75, 3.05) is 18.0 Å². The minimum absolute atomic E-state index is 0.233. The van der Waals surface area contributed by atoms with Crippen molar-refractivity contribution in [2.45, 2.75) is 19.4 Å². The van der Waals surface area contributed by atoms with Gasteiger partial charge in [-0.05, 0) is 106 Å². The number of ether oxygens (including phenoxy) is 1. The Labute approximate surface area is 225 Å². The normalized spacial score (nSPS) is 13.5. The number of hydrogen-bond donors (Lipinski definition) is 1. The Morgan fingerprint density at radius 1 is 1.06 bits per heavy atom. The Hall–Kier alpha value is -1.85. The minimum atomic E-state index is -0.233. The number of hydrazone groups is 1. The number of anilines is 1. The Balaban J connectivity index is 1.36. The number of amides is 1. The van der Waals surface area contributed by atoms with Gasteiger partial charge in [-0.3, -0.25) is 4.79 Å². The van der Waals surface area contributed by atoms with Crippen molar-refractivity contribution in [1.82, 2.24) is 5.43 Å². The summed E-state index contributed by atoms with van der Waals surface area (Å²) in [5, 5.41) is 4.82. The maximum Gasteiger partial charge on any atom is 0.271 e. The van der Waals surface area contributed by atoms with Gasteiger partial charge in [0.25, 0.3) is 5.91 Å². The Morgan fingerprint density at radius 2 is 1.73 bits per heavy atom. The highest BCUT2D eigenvalue weighted by Crippen LogP contribution is 2.30. The molecule has 1 saturated heterocycles. The van der Waals surface area contributed by atoms with Gasteiger partial charge in [0.15, 0.2) is 0 Å². The fourth-order valence-corrected chi connectivity index (χ4v) is 5.90. The van der Waals surface area contributed by atoms with Crippen LogP contribution in [0, 0.1) is 7.14 Å². The molecule has 0 unspecified atom stereocenters. The number of rotatable bonds is 7. The van der Waals surface area contributed by atoms with E-state index in [-0.39, 0.29) is 5.91 Å². The van der Waals surface area contributed by atoms with Crippen molar-refractivity contribution < 1.29 is 9.53 Å². The van der Waals surface area contributed by atoms with Crippen LogP contribution in [0.5, 0.6) is 5.75 Å². The van der Waals surface area contributed by atoms with Gasteiger partial charge in [-0.1, -0.05) is 29.8 Å². The second kappa shape index (κ2) is 11.5. The summed E-state index contributed by atoms with van der Waals surface area (Å²) in [5.41, 5.74) is 6.17. The first-order chi connectivity index (χ1) is 16.0.